The summed E-state index contributed by atoms with van der Waals surface area (Å²) in [6.45, 7) is 4.13. The molecule has 0 saturated carbocycles. The number of aromatic nitrogens is 1. The highest BCUT2D eigenvalue weighted by molar-refractivity contribution is 5.31. The van der Waals surface area contributed by atoms with Crippen molar-refractivity contribution < 1.29 is 4.39 Å². The van der Waals surface area contributed by atoms with Crippen LogP contribution in [0.25, 0.3) is 0 Å². The van der Waals surface area contributed by atoms with Crippen LogP contribution in [0.15, 0.2) is 36.5 Å². The van der Waals surface area contributed by atoms with E-state index in [0.717, 1.165) is 5.69 Å². The highest BCUT2D eigenvalue weighted by Crippen LogP contribution is 2.18. The molecule has 0 bridgehead atoms. The summed E-state index contributed by atoms with van der Waals surface area (Å²) in [5.74, 6) is -0.335. The van der Waals surface area contributed by atoms with E-state index < -0.39 is 0 Å². The third-order valence-electron chi connectivity index (χ3n) is 3.07. The van der Waals surface area contributed by atoms with Crippen molar-refractivity contribution in [2.45, 2.75) is 26.3 Å². The Morgan fingerprint density at radius 3 is 2.67 bits per heavy atom. The molecule has 3 heteroatoms. The normalized spacial score (nSPS) is 12.4. The molecule has 0 saturated heterocycles. The van der Waals surface area contributed by atoms with E-state index in [0.29, 0.717) is 6.42 Å². The number of nitrogens with two attached hydrogens (primary N) is 1. The summed E-state index contributed by atoms with van der Waals surface area (Å²) in [6.07, 6.45) is 1.92. The first kappa shape index (κ1) is 12.7. The Hall–Kier alpha value is -1.74. The maximum Gasteiger partial charge on any atom is 0.141 e. The van der Waals surface area contributed by atoms with Gasteiger partial charge in [-0.15, -0.1) is 0 Å². The van der Waals surface area contributed by atoms with Crippen LogP contribution in [0.1, 0.15) is 28.4 Å². The molecule has 0 spiro atoms. The van der Waals surface area contributed by atoms with Gasteiger partial charge in [0, 0.05) is 0 Å². The molecule has 0 aliphatic carbocycles. The lowest BCUT2D eigenvalue weighted by Gasteiger charge is -2.13. The van der Waals surface area contributed by atoms with Crippen molar-refractivity contribution >= 4 is 0 Å². The summed E-state index contributed by atoms with van der Waals surface area (Å²) in [5, 5.41) is 0. The van der Waals surface area contributed by atoms with Gasteiger partial charge in [-0.1, -0.05) is 23.8 Å². The van der Waals surface area contributed by atoms with E-state index in [4.69, 9.17) is 5.73 Å². The van der Waals surface area contributed by atoms with Crippen molar-refractivity contribution in [3.63, 3.8) is 0 Å². The summed E-state index contributed by atoms with van der Waals surface area (Å²) in [4.78, 5) is 4.03. The predicted octanol–water partition coefficient (Wildman–Crippen LogP) is 3.08. The standard InChI is InChI=1S/C15H17FN2/c1-10-3-4-11(2)12(7-10)8-14(17)15-6-5-13(16)9-18-15/h3-7,9,14H,8,17H2,1-2H3. The molecular weight excluding hydrogens is 227 g/mol. The Bertz CT molecular complexity index is 535. The van der Waals surface area contributed by atoms with E-state index in [2.05, 4.69) is 37.0 Å². The highest BCUT2D eigenvalue weighted by atomic mass is 19.1. The summed E-state index contributed by atoms with van der Waals surface area (Å²) >= 11 is 0. The topological polar surface area (TPSA) is 38.9 Å². The van der Waals surface area contributed by atoms with Crippen LogP contribution in [0.5, 0.6) is 0 Å². The van der Waals surface area contributed by atoms with Crippen LogP contribution in [-0.4, -0.2) is 4.98 Å². The van der Waals surface area contributed by atoms with Crippen LogP contribution < -0.4 is 5.73 Å². The fraction of sp³-hybridized carbons (Fsp3) is 0.267. The average Bonchev–Trinajstić information content (AvgIpc) is 2.34. The van der Waals surface area contributed by atoms with Crippen LogP contribution in [-0.2, 0) is 6.42 Å². The van der Waals surface area contributed by atoms with E-state index in [1.807, 2.05) is 0 Å². The molecule has 1 atom stereocenters. The van der Waals surface area contributed by atoms with E-state index in [-0.39, 0.29) is 11.9 Å². The second-order valence-corrected chi connectivity index (χ2v) is 4.64. The number of rotatable bonds is 3. The molecule has 2 rings (SSSR count). The number of benzene rings is 1. The molecule has 18 heavy (non-hydrogen) atoms. The molecule has 1 aromatic carbocycles. The van der Waals surface area contributed by atoms with Crippen LogP contribution in [0, 0.1) is 19.7 Å². The molecule has 0 aliphatic rings. The highest BCUT2D eigenvalue weighted by Gasteiger charge is 2.10. The van der Waals surface area contributed by atoms with Crippen molar-refractivity contribution in [2.75, 3.05) is 0 Å². The van der Waals surface area contributed by atoms with Crippen molar-refractivity contribution in [1.82, 2.24) is 4.98 Å². The van der Waals surface area contributed by atoms with E-state index >= 15 is 0 Å². The minimum atomic E-state index is -0.335. The van der Waals surface area contributed by atoms with Gasteiger partial charge in [-0.3, -0.25) is 4.98 Å². The fourth-order valence-corrected chi connectivity index (χ4v) is 1.97. The Morgan fingerprint density at radius 2 is 2.00 bits per heavy atom. The number of aryl methyl sites for hydroxylation is 2. The molecule has 1 heterocycles. The first-order chi connectivity index (χ1) is 8.56. The Balaban J connectivity index is 2.18. The summed E-state index contributed by atoms with van der Waals surface area (Å²) < 4.78 is 12.8. The second kappa shape index (κ2) is 5.27. The first-order valence-electron chi connectivity index (χ1n) is 5.99. The van der Waals surface area contributed by atoms with Gasteiger partial charge in [0.15, 0.2) is 0 Å². The first-order valence-corrected chi connectivity index (χ1v) is 5.99. The Kier molecular flexibility index (Phi) is 3.72. The largest absolute Gasteiger partial charge is 0.322 e. The lowest BCUT2D eigenvalue weighted by Crippen LogP contribution is -2.15. The Morgan fingerprint density at radius 1 is 1.22 bits per heavy atom. The van der Waals surface area contributed by atoms with Gasteiger partial charge in [0.2, 0.25) is 0 Å². The van der Waals surface area contributed by atoms with Crippen LogP contribution in [0.4, 0.5) is 4.39 Å². The lowest BCUT2D eigenvalue weighted by molar-refractivity contribution is 0.612. The monoisotopic (exact) mass is 244 g/mol. The van der Waals surface area contributed by atoms with Gasteiger partial charge < -0.3 is 5.73 Å². The number of nitrogens with zero attached hydrogens (tertiary/aromatic N) is 1. The van der Waals surface area contributed by atoms with E-state index in [1.54, 1.807) is 6.07 Å². The lowest BCUT2D eigenvalue weighted by atomic mass is 9.98. The van der Waals surface area contributed by atoms with Crippen LogP contribution in [0.3, 0.4) is 0 Å². The zero-order valence-corrected chi connectivity index (χ0v) is 10.7. The van der Waals surface area contributed by atoms with Gasteiger partial charge in [-0.05, 0) is 43.5 Å². The van der Waals surface area contributed by atoms with Crippen molar-refractivity contribution in [3.05, 3.63) is 64.7 Å². The summed E-state index contributed by atoms with van der Waals surface area (Å²) in [7, 11) is 0. The molecular formula is C15H17FN2. The molecule has 0 amide bonds. The van der Waals surface area contributed by atoms with Gasteiger partial charge in [0.25, 0.3) is 0 Å². The molecule has 0 fully saturated rings. The number of pyridine rings is 1. The minimum absolute atomic E-state index is 0.203. The van der Waals surface area contributed by atoms with Gasteiger partial charge in [0.1, 0.15) is 5.82 Å². The van der Waals surface area contributed by atoms with Gasteiger partial charge in [-0.25, -0.2) is 4.39 Å². The second-order valence-electron chi connectivity index (χ2n) is 4.64. The van der Waals surface area contributed by atoms with E-state index in [9.17, 15) is 4.39 Å². The minimum Gasteiger partial charge on any atom is -0.322 e. The number of halogens is 1. The predicted molar refractivity (Wildman–Crippen MR) is 70.7 cm³/mol. The number of hydrogen-bond donors (Lipinski definition) is 1. The zero-order chi connectivity index (χ0) is 13.1. The van der Waals surface area contributed by atoms with Gasteiger partial charge >= 0.3 is 0 Å². The van der Waals surface area contributed by atoms with Crippen molar-refractivity contribution in [3.8, 4) is 0 Å². The summed E-state index contributed by atoms with van der Waals surface area (Å²) in [5.41, 5.74) is 10.5. The molecule has 2 nitrogen and oxygen atoms in total. The summed E-state index contributed by atoms with van der Waals surface area (Å²) in [6, 6.07) is 9.15. The SMILES string of the molecule is Cc1ccc(C)c(CC(N)c2ccc(F)cn2)c1. The van der Waals surface area contributed by atoms with Crippen LogP contribution >= 0.6 is 0 Å². The van der Waals surface area contributed by atoms with Crippen molar-refractivity contribution in [2.24, 2.45) is 5.73 Å². The van der Waals surface area contributed by atoms with Gasteiger partial charge in [-0.2, -0.15) is 0 Å². The number of hydrogen-bond acceptors (Lipinski definition) is 2. The average molecular weight is 244 g/mol. The Labute approximate surface area is 107 Å². The molecule has 0 radical (unpaired) electrons. The van der Waals surface area contributed by atoms with Crippen LogP contribution in [0.2, 0.25) is 0 Å². The zero-order valence-electron chi connectivity index (χ0n) is 10.7. The molecule has 2 aromatic rings. The fourth-order valence-electron chi connectivity index (χ4n) is 1.97. The molecule has 0 aliphatic heterocycles. The third-order valence-corrected chi connectivity index (χ3v) is 3.07. The maximum atomic E-state index is 12.8. The molecule has 1 unspecified atom stereocenters. The van der Waals surface area contributed by atoms with Gasteiger partial charge in [0.05, 0.1) is 17.9 Å². The molecule has 2 N–H and O–H groups in total. The molecule has 1 aromatic heterocycles. The van der Waals surface area contributed by atoms with E-state index in [1.165, 1.54) is 29.0 Å². The van der Waals surface area contributed by atoms with Crippen molar-refractivity contribution in [1.29, 1.82) is 0 Å². The smallest absolute Gasteiger partial charge is 0.141 e. The quantitative estimate of drug-likeness (QED) is 0.901. The third kappa shape index (κ3) is 2.93. The maximum absolute atomic E-state index is 12.8. The molecule has 94 valence electrons.